The van der Waals surface area contributed by atoms with Crippen LogP contribution in [0.4, 0.5) is 11.9 Å². The van der Waals surface area contributed by atoms with Gasteiger partial charge in [0.2, 0.25) is 5.95 Å². The lowest BCUT2D eigenvalue weighted by Crippen LogP contribution is -2.37. The number of rotatable bonds is 9. The molecule has 1 saturated heterocycles. The standard InChI is InChI=1S/C25H27N7O3/c1-33-20-7-8-22-21(15-20)19(16-26-22)17-27-31-23-28-24(32-10-13-34-14-11-32)30-25(29-23)35-12-9-18-5-3-2-4-6-18/h2-8,15-17,26H,9-14H2,1H3,(H,28,29,30,31)/b27-17-. The zero-order valence-corrected chi connectivity index (χ0v) is 19.5. The molecule has 1 aliphatic heterocycles. The fourth-order valence-corrected chi connectivity index (χ4v) is 3.78. The number of hydrazone groups is 1. The predicted octanol–water partition coefficient (Wildman–Crippen LogP) is 3.27. The minimum Gasteiger partial charge on any atom is -0.497 e. The lowest BCUT2D eigenvalue weighted by atomic mass is 10.2. The summed E-state index contributed by atoms with van der Waals surface area (Å²) in [5.74, 6) is 1.63. The second-order valence-corrected chi connectivity index (χ2v) is 7.95. The monoisotopic (exact) mass is 473 g/mol. The Morgan fingerprint density at radius 2 is 1.97 bits per heavy atom. The van der Waals surface area contributed by atoms with E-state index < -0.39 is 0 Å². The van der Waals surface area contributed by atoms with Gasteiger partial charge in [-0.25, -0.2) is 5.43 Å². The van der Waals surface area contributed by atoms with Crippen LogP contribution in [0.3, 0.4) is 0 Å². The second kappa shape index (κ2) is 10.8. The Labute approximate surface area is 203 Å². The van der Waals surface area contributed by atoms with Crippen LogP contribution < -0.4 is 19.8 Å². The zero-order valence-electron chi connectivity index (χ0n) is 19.5. The van der Waals surface area contributed by atoms with Crippen LogP contribution >= 0.6 is 0 Å². The maximum atomic E-state index is 5.89. The van der Waals surface area contributed by atoms with E-state index in [1.807, 2.05) is 42.6 Å². The van der Waals surface area contributed by atoms with E-state index in [0.717, 1.165) is 28.6 Å². The fraction of sp³-hybridized carbons (Fsp3) is 0.280. The molecule has 10 nitrogen and oxygen atoms in total. The first-order valence-electron chi connectivity index (χ1n) is 11.5. The van der Waals surface area contributed by atoms with Crippen LogP contribution in [0.5, 0.6) is 11.8 Å². The lowest BCUT2D eigenvalue weighted by Gasteiger charge is -2.26. The van der Waals surface area contributed by atoms with Crippen molar-refractivity contribution in [2.24, 2.45) is 5.10 Å². The third kappa shape index (κ3) is 5.67. The van der Waals surface area contributed by atoms with E-state index in [1.165, 1.54) is 5.56 Å². The summed E-state index contributed by atoms with van der Waals surface area (Å²) in [6.07, 6.45) is 4.36. The molecule has 0 saturated carbocycles. The Hall–Kier alpha value is -4.18. The van der Waals surface area contributed by atoms with E-state index in [0.29, 0.717) is 44.8 Å². The highest BCUT2D eigenvalue weighted by Gasteiger charge is 2.17. The quantitative estimate of drug-likeness (QED) is 0.282. The number of methoxy groups -OCH3 is 1. The highest BCUT2D eigenvalue weighted by atomic mass is 16.5. The summed E-state index contributed by atoms with van der Waals surface area (Å²) < 4.78 is 16.7. The number of benzene rings is 2. The lowest BCUT2D eigenvalue weighted by molar-refractivity contribution is 0.122. The number of aromatic nitrogens is 4. The number of H-pyrrole nitrogens is 1. The normalized spacial score (nSPS) is 13.9. The second-order valence-electron chi connectivity index (χ2n) is 7.95. The molecule has 0 spiro atoms. The van der Waals surface area contributed by atoms with Crippen LogP contribution in [0.15, 0.2) is 59.8 Å². The van der Waals surface area contributed by atoms with Crippen molar-refractivity contribution < 1.29 is 14.2 Å². The van der Waals surface area contributed by atoms with Gasteiger partial charge in [-0.05, 0) is 23.8 Å². The topological polar surface area (TPSA) is 110 Å². The van der Waals surface area contributed by atoms with Crippen LogP contribution in [0.1, 0.15) is 11.1 Å². The minimum absolute atomic E-state index is 0.256. The molecule has 2 aromatic heterocycles. The molecule has 2 aromatic carbocycles. The average Bonchev–Trinajstić information content (AvgIpc) is 3.32. The van der Waals surface area contributed by atoms with Gasteiger partial charge in [0, 0.05) is 42.2 Å². The zero-order chi connectivity index (χ0) is 23.9. The molecule has 0 atom stereocenters. The Bertz CT molecular complexity index is 1290. The summed E-state index contributed by atoms with van der Waals surface area (Å²) in [5, 5.41) is 5.36. The average molecular weight is 474 g/mol. The Morgan fingerprint density at radius 3 is 2.80 bits per heavy atom. The molecule has 2 N–H and O–H groups in total. The maximum Gasteiger partial charge on any atom is 0.323 e. The van der Waals surface area contributed by atoms with Gasteiger partial charge in [-0.1, -0.05) is 30.3 Å². The number of nitrogens with zero attached hydrogens (tertiary/aromatic N) is 5. The molecule has 1 aliphatic rings. The molecule has 1 fully saturated rings. The first-order chi connectivity index (χ1) is 17.3. The van der Waals surface area contributed by atoms with Crippen molar-refractivity contribution in [1.82, 2.24) is 19.9 Å². The van der Waals surface area contributed by atoms with Crippen molar-refractivity contribution in [2.75, 3.05) is 50.3 Å². The molecular weight excluding hydrogens is 446 g/mol. The molecule has 0 bridgehead atoms. The molecule has 4 aromatic rings. The number of anilines is 2. The van der Waals surface area contributed by atoms with Gasteiger partial charge in [-0.3, -0.25) is 0 Å². The van der Waals surface area contributed by atoms with Crippen LogP contribution in [-0.2, 0) is 11.2 Å². The molecule has 0 aliphatic carbocycles. The van der Waals surface area contributed by atoms with Gasteiger partial charge in [-0.15, -0.1) is 0 Å². The number of morpholine rings is 1. The van der Waals surface area contributed by atoms with Gasteiger partial charge in [0.05, 0.1) is 33.1 Å². The van der Waals surface area contributed by atoms with E-state index in [4.69, 9.17) is 14.2 Å². The van der Waals surface area contributed by atoms with E-state index in [2.05, 4.69) is 47.5 Å². The molecule has 10 heteroatoms. The smallest absolute Gasteiger partial charge is 0.323 e. The summed E-state index contributed by atoms with van der Waals surface area (Å²) in [6, 6.07) is 16.3. The number of hydrogen-bond acceptors (Lipinski definition) is 9. The van der Waals surface area contributed by atoms with Crippen molar-refractivity contribution in [1.29, 1.82) is 0 Å². The van der Waals surface area contributed by atoms with Crippen LogP contribution in [0.2, 0.25) is 0 Å². The number of aromatic amines is 1. The van der Waals surface area contributed by atoms with Gasteiger partial charge in [0.1, 0.15) is 5.75 Å². The van der Waals surface area contributed by atoms with E-state index in [9.17, 15) is 0 Å². The van der Waals surface area contributed by atoms with Gasteiger partial charge in [-0.2, -0.15) is 20.1 Å². The highest BCUT2D eigenvalue weighted by molar-refractivity contribution is 5.99. The Balaban J connectivity index is 1.32. The fourth-order valence-electron chi connectivity index (χ4n) is 3.78. The molecule has 0 unspecified atom stereocenters. The highest BCUT2D eigenvalue weighted by Crippen LogP contribution is 2.23. The van der Waals surface area contributed by atoms with Gasteiger partial charge in [0.15, 0.2) is 0 Å². The number of fused-ring (bicyclic) bond motifs is 1. The van der Waals surface area contributed by atoms with Crippen LogP contribution in [-0.4, -0.2) is 66.2 Å². The largest absolute Gasteiger partial charge is 0.497 e. The molecule has 5 rings (SSSR count). The first kappa shape index (κ1) is 22.6. The summed E-state index contributed by atoms with van der Waals surface area (Å²) in [5.41, 5.74) is 6.02. The number of nitrogens with one attached hydrogen (secondary N) is 2. The van der Waals surface area contributed by atoms with Crippen molar-refractivity contribution in [3.8, 4) is 11.8 Å². The summed E-state index contributed by atoms with van der Waals surface area (Å²) >= 11 is 0. The van der Waals surface area contributed by atoms with Crippen LogP contribution in [0.25, 0.3) is 10.9 Å². The molecule has 3 heterocycles. The first-order valence-corrected chi connectivity index (χ1v) is 11.5. The summed E-state index contributed by atoms with van der Waals surface area (Å²) in [4.78, 5) is 18.8. The number of ether oxygens (including phenoxy) is 3. The summed E-state index contributed by atoms with van der Waals surface area (Å²) in [7, 11) is 1.65. The van der Waals surface area contributed by atoms with E-state index in [-0.39, 0.29) is 6.01 Å². The van der Waals surface area contributed by atoms with Gasteiger partial charge < -0.3 is 24.1 Å². The third-order valence-electron chi connectivity index (χ3n) is 5.65. The van der Waals surface area contributed by atoms with Gasteiger partial charge in [0.25, 0.3) is 5.95 Å². The van der Waals surface area contributed by atoms with Crippen molar-refractivity contribution in [3.05, 3.63) is 65.9 Å². The Kier molecular flexibility index (Phi) is 7.00. The molecule has 180 valence electrons. The van der Waals surface area contributed by atoms with Crippen molar-refractivity contribution >= 4 is 29.0 Å². The molecule has 0 amide bonds. The maximum absolute atomic E-state index is 5.89. The Morgan fingerprint density at radius 1 is 1.11 bits per heavy atom. The minimum atomic E-state index is 0.256. The third-order valence-corrected chi connectivity index (χ3v) is 5.65. The van der Waals surface area contributed by atoms with E-state index >= 15 is 0 Å². The predicted molar refractivity (Wildman–Crippen MR) is 135 cm³/mol. The molecule has 35 heavy (non-hydrogen) atoms. The molecule has 0 radical (unpaired) electrons. The molecular formula is C25H27N7O3. The van der Waals surface area contributed by atoms with Crippen molar-refractivity contribution in [2.45, 2.75) is 6.42 Å². The number of hydrogen-bond donors (Lipinski definition) is 2. The van der Waals surface area contributed by atoms with Crippen molar-refractivity contribution in [3.63, 3.8) is 0 Å². The van der Waals surface area contributed by atoms with E-state index in [1.54, 1.807) is 13.3 Å². The van der Waals surface area contributed by atoms with Gasteiger partial charge >= 0.3 is 6.01 Å². The van der Waals surface area contributed by atoms with Crippen LogP contribution in [0, 0.1) is 0 Å². The SMILES string of the molecule is COc1ccc2[nH]cc(/C=N\Nc3nc(OCCc4ccccc4)nc(N4CCOCC4)n3)c2c1. The summed E-state index contributed by atoms with van der Waals surface area (Å²) in [6.45, 7) is 3.11.